The molecule has 2 saturated heterocycles. The van der Waals surface area contributed by atoms with Crippen molar-refractivity contribution >= 4 is 17.7 Å². The zero-order valence-corrected chi connectivity index (χ0v) is 11.9. The third-order valence-corrected chi connectivity index (χ3v) is 4.91. The molecule has 0 aromatic heterocycles. The average Bonchev–Trinajstić information content (AvgIpc) is 2.67. The van der Waals surface area contributed by atoms with Crippen molar-refractivity contribution in [3.63, 3.8) is 0 Å². The van der Waals surface area contributed by atoms with E-state index in [4.69, 9.17) is 0 Å². The lowest BCUT2D eigenvalue weighted by Gasteiger charge is -2.34. The molecule has 2 heterocycles. The molecule has 0 aromatic carbocycles. The van der Waals surface area contributed by atoms with Gasteiger partial charge in [0.1, 0.15) is 0 Å². The Kier molecular flexibility index (Phi) is 4.36. The van der Waals surface area contributed by atoms with Crippen molar-refractivity contribution in [2.75, 3.05) is 11.5 Å². The third-order valence-electron chi connectivity index (χ3n) is 3.87. The average molecular weight is 256 g/mol. The second-order valence-corrected chi connectivity index (χ2v) is 6.63. The summed E-state index contributed by atoms with van der Waals surface area (Å²) >= 11 is 2.02. The van der Waals surface area contributed by atoms with E-state index >= 15 is 0 Å². The van der Waals surface area contributed by atoms with Gasteiger partial charge in [-0.05, 0) is 36.7 Å². The van der Waals surface area contributed by atoms with Crippen LogP contribution in [-0.4, -0.2) is 40.6 Å². The Morgan fingerprint density at radius 3 is 2.59 bits per heavy atom. The molecule has 2 atom stereocenters. The molecule has 4 heteroatoms. The van der Waals surface area contributed by atoms with E-state index in [1.165, 1.54) is 24.3 Å². The van der Waals surface area contributed by atoms with Crippen LogP contribution >= 0.6 is 11.8 Å². The Balaban J connectivity index is 2.10. The highest BCUT2D eigenvalue weighted by Gasteiger charge is 2.42. The number of carbonyl (C=O) groups excluding carboxylic acids is 1. The van der Waals surface area contributed by atoms with Gasteiger partial charge >= 0.3 is 0 Å². The Labute approximate surface area is 109 Å². The predicted molar refractivity (Wildman–Crippen MR) is 73.0 cm³/mol. The Hall–Kier alpha value is -0.220. The molecule has 17 heavy (non-hydrogen) atoms. The van der Waals surface area contributed by atoms with Crippen LogP contribution < -0.4 is 5.32 Å². The van der Waals surface area contributed by atoms with Crippen LogP contribution in [0.5, 0.6) is 0 Å². The lowest BCUT2D eigenvalue weighted by molar-refractivity contribution is -0.133. The van der Waals surface area contributed by atoms with Gasteiger partial charge in [-0.3, -0.25) is 10.1 Å². The Bertz CT molecular complexity index is 277. The maximum Gasteiger partial charge on any atom is 0.241 e. The molecule has 98 valence electrons. The van der Waals surface area contributed by atoms with E-state index in [1.807, 2.05) is 11.8 Å². The molecule has 1 N–H and O–H groups in total. The topological polar surface area (TPSA) is 32.3 Å². The van der Waals surface area contributed by atoms with Gasteiger partial charge in [0.15, 0.2) is 0 Å². The van der Waals surface area contributed by atoms with Gasteiger partial charge in [0.2, 0.25) is 5.91 Å². The smallest absolute Gasteiger partial charge is 0.241 e. The van der Waals surface area contributed by atoms with E-state index in [0.717, 1.165) is 6.42 Å². The van der Waals surface area contributed by atoms with Crippen LogP contribution in [0.1, 0.15) is 40.0 Å². The molecule has 0 aromatic rings. The van der Waals surface area contributed by atoms with E-state index in [2.05, 4.69) is 31.0 Å². The lowest BCUT2D eigenvalue weighted by Crippen LogP contribution is -2.45. The summed E-state index contributed by atoms with van der Waals surface area (Å²) in [5.41, 5.74) is 0. The molecule has 2 aliphatic heterocycles. The number of nitrogens with zero attached hydrogens (tertiary/aromatic N) is 1. The van der Waals surface area contributed by atoms with Gasteiger partial charge in [-0.25, -0.2) is 0 Å². The van der Waals surface area contributed by atoms with Crippen molar-refractivity contribution in [3.8, 4) is 0 Å². The first-order chi connectivity index (χ1) is 8.15. The Morgan fingerprint density at radius 2 is 2.06 bits per heavy atom. The molecule has 0 aliphatic carbocycles. The van der Waals surface area contributed by atoms with Crippen LogP contribution in [-0.2, 0) is 4.79 Å². The van der Waals surface area contributed by atoms with Gasteiger partial charge in [-0.2, -0.15) is 11.8 Å². The minimum atomic E-state index is 0.0366. The molecular weight excluding hydrogens is 232 g/mol. The summed E-state index contributed by atoms with van der Waals surface area (Å²) in [6.07, 6.45) is 3.61. The summed E-state index contributed by atoms with van der Waals surface area (Å²) in [6.45, 7) is 6.42. The van der Waals surface area contributed by atoms with Crippen molar-refractivity contribution < 1.29 is 4.79 Å². The van der Waals surface area contributed by atoms with Crippen LogP contribution in [0.2, 0.25) is 0 Å². The lowest BCUT2D eigenvalue weighted by atomic mass is 10.0. The quantitative estimate of drug-likeness (QED) is 0.839. The fourth-order valence-electron chi connectivity index (χ4n) is 2.86. The monoisotopic (exact) mass is 256 g/mol. The second-order valence-electron chi connectivity index (χ2n) is 5.40. The van der Waals surface area contributed by atoms with Crippen molar-refractivity contribution in [3.05, 3.63) is 0 Å². The summed E-state index contributed by atoms with van der Waals surface area (Å²) in [4.78, 5) is 14.6. The van der Waals surface area contributed by atoms with Crippen LogP contribution in [0.4, 0.5) is 0 Å². The molecule has 1 amide bonds. The first kappa shape index (κ1) is 13.2. The summed E-state index contributed by atoms with van der Waals surface area (Å²) < 4.78 is 0. The van der Waals surface area contributed by atoms with Crippen molar-refractivity contribution in [1.29, 1.82) is 0 Å². The standard InChI is InChI=1S/C13H24N2OS/c1-4-11-14-12(9(2)3)13(16)15(11)10-5-7-17-8-6-10/h9-12,14H,4-8H2,1-3H3. The second kappa shape index (κ2) is 5.61. The minimum absolute atomic E-state index is 0.0366. The maximum atomic E-state index is 12.5. The molecular formula is C13H24N2OS. The van der Waals surface area contributed by atoms with E-state index in [9.17, 15) is 4.79 Å². The Morgan fingerprint density at radius 1 is 1.41 bits per heavy atom. The van der Waals surface area contributed by atoms with Gasteiger partial charge < -0.3 is 4.90 Å². The summed E-state index contributed by atoms with van der Waals surface area (Å²) in [7, 11) is 0. The highest BCUT2D eigenvalue weighted by atomic mass is 32.2. The first-order valence-electron chi connectivity index (χ1n) is 6.81. The van der Waals surface area contributed by atoms with Gasteiger partial charge in [0, 0.05) is 6.04 Å². The van der Waals surface area contributed by atoms with Gasteiger partial charge in [-0.15, -0.1) is 0 Å². The van der Waals surface area contributed by atoms with Crippen LogP contribution in [0.25, 0.3) is 0 Å². The fourth-order valence-corrected chi connectivity index (χ4v) is 3.94. The van der Waals surface area contributed by atoms with Gasteiger partial charge in [0.25, 0.3) is 0 Å². The van der Waals surface area contributed by atoms with E-state index in [0.29, 0.717) is 17.9 Å². The van der Waals surface area contributed by atoms with Crippen molar-refractivity contribution in [2.45, 2.75) is 58.3 Å². The largest absolute Gasteiger partial charge is 0.323 e. The van der Waals surface area contributed by atoms with E-state index < -0.39 is 0 Å². The van der Waals surface area contributed by atoms with Crippen LogP contribution in [0, 0.1) is 5.92 Å². The van der Waals surface area contributed by atoms with E-state index in [1.54, 1.807) is 0 Å². The highest BCUT2D eigenvalue weighted by molar-refractivity contribution is 7.99. The number of amides is 1. The zero-order valence-electron chi connectivity index (χ0n) is 11.1. The van der Waals surface area contributed by atoms with Crippen LogP contribution in [0.3, 0.4) is 0 Å². The summed E-state index contributed by atoms with van der Waals surface area (Å²) in [5.74, 6) is 3.14. The summed E-state index contributed by atoms with van der Waals surface area (Å²) in [6, 6.07) is 0.513. The van der Waals surface area contributed by atoms with Crippen molar-refractivity contribution in [1.82, 2.24) is 10.2 Å². The third kappa shape index (κ3) is 2.63. The van der Waals surface area contributed by atoms with Gasteiger partial charge in [0.05, 0.1) is 12.2 Å². The molecule has 0 bridgehead atoms. The maximum absolute atomic E-state index is 12.5. The molecule has 2 fully saturated rings. The van der Waals surface area contributed by atoms with E-state index in [-0.39, 0.29) is 12.2 Å². The SMILES string of the molecule is CCC1NC(C(C)C)C(=O)N1C1CCSCC1. The number of rotatable bonds is 3. The number of thioether (sulfide) groups is 1. The highest BCUT2D eigenvalue weighted by Crippen LogP contribution is 2.28. The molecule has 0 spiro atoms. The minimum Gasteiger partial charge on any atom is -0.323 e. The molecule has 2 unspecified atom stereocenters. The first-order valence-corrected chi connectivity index (χ1v) is 7.96. The van der Waals surface area contributed by atoms with Crippen molar-refractivity contribution in [2.24, 2.45) is 5.92 Å². The normalized spacial score (nSPS) is 31.5. The number of carbonyl (C=O) groups is 1. The fraction of sp³-hybridized carbons (Fsp3) is 0.923. The molecule has 2 rings (SSSR count). The summed E-state index contributed by atoms with van der Waals surface area (Å²) in [5, 5.41) is 3.51. The molecule has 0 saturated carbocycles. The van der Waals surface area contributed by atoms with Crippen LogP contribution in [0.15, 0.2) is 0 Å². The number of hydrogen-bond acceptors (Lipinski definition) is 3. The number of hydrogen-bond donors (Lipinski definition) is 1. The zero-order chi connectivity index (χ0) is 12.4. The van der Waals surface area contributed by atoms with Gasteiger partial charge in [-0.1, -0.05) is 20.8 Å². The molecule has 2 aliphatic rings. The molecule has 0 radical (unpaired) electrons. The number of nitrogens with one attached hydrogen (secondary N) is 1. The molecule has 3 nitrogen and oxygen atoms in total. The predicted octanol–water partition coefficient (Wildman–Crippen LogP) is 2.07.